The first kappa shape index (κ1) is 17.4. The summed E-state index contributed by atoms with van der Waals surface area (Å²) in [5.74, 6) is 0.437. The van der Waals surface area contributed by atoms with E-state index in [2.05, 4.69) is 15.6 Å². The lowest BCUT2D eigenvalue weighted by Gasteiger charge is -2.09. The fourth-order valence-corrected chi connectivity index (χ4v) is 2.41. The Hall–Kier alpha value is -3.41. The number of pyridine rings is 1. The summed E-state index contributed by atoms with van der Waals surface area (Å²) in [6, 6.07) is 17.2. The van der Waals surface area contributed by atoms with Gasteiger partial charge in [-0.15, -0.1) is 0 Å². The van der Waals surface area contributed by atoms with Gasteiger partial charge in [-0.3, -0.25) is 4.79 Å². The third kappa shape index (κ3) is 4.57. The number of carbonyl (C=O) groups is 1. The fraction of sp³-hybridized carbons (Fsp3) is 0.100. The van der Waals surface area contributed by atoms with E-state index in [1.54, 1.807) is 43.6 Å². The number of benzene rings is 2. The molecule has 0 aliphatic heterocycles. The number of ether oxygens (including phenoxy) is 1. The number of nitrogens with one attached hydrogen (secondary N) is 2. The van der Waals surface area contributed by atoms with Gasteiger partial charge >= 0.3 is 0 Å². The normalized spacial score (nSPS) is 10.2. The molecule has 2 aromatic carbocycles. The SMILES string of the molecule is COc1cccc(Nc2ccc(NC(=O)Cc3ccccc3F)nc2)c1. The zero-order valence-electron chi connectivity index (χ0n) is 14.2. The molecule has 5 nitrogen and oxygen atoms in total. The molecule has 0 unspecified atom stereocenters. The van der Waals surface area contributed by atoms with E-state index in [9.17, 15) is 9.18 Å². The van der Waals surface area contributed by atoms with Crippen molar-refractivity contribution >= 4 is 23.1 Å². The lowest BCUT2D eigenvalue weighted by molar-refractivity contribution is -0.115. The molecule has 0 bridgehead atoms. The van der Waals surface area contributed by atoms with Crippen LogP contribution in [-0.2, 0) is 11.2 Å². The summed E-state index contributed by atoms with van der Waals surface area (Å²) in [7, 11) is 1.61. The maximum atomic E-state index is 13.6. The van der Waals surface area contributed by atoms with Crippen LogP contribution in [0, 0.1) is 5.82 Å². The van der Waals surface area contributed by atoms with Gasteiger partial charge in [-0.25, -0.2) is 9.37 Å². The van der Waals surface area contributed by atoms with E-state index < -0.39 is 5.82 Å². The van der Waals surface area contributed by atoms with Crippen LogP contribution < -0.4 is 15.4 Å². The van der Waals surface area contributed by atoms with Gasteiger partial charge in [0.15, 0.2) is 0 Å². The predicted octanol–water partition coefficient (Wildman–Crippen LogP) is 4.15. The molecule has 3 rings (SSSR count). The largest absolute Gasteiger partial charge is 0.497 e. The minimum absolute atomic E-state index is 0.0435. The Morgan fingerprint density at radius 3 is 2.65 bits per heavy atom. The zero-order chi connectivity index (χ0) is 18.4. The first-order valence-electron chi connectivity index (χ1n) is 8.04. The van der Waals surface area contributed by atoms with Crippen molar-refractivity contribution in [1.82, 2.24) is 4.98 Å². The molecule has 6 heteroatoms. The van der Waals surface area contributed by atoms with Crippen molar-refractivity contribution in [3.63, 3.8) is 0 Å². The van der Waals surface area contributed by atoms with E-state index in [-0.39, 0.29) is 12.3 Å². The van der Waals surface area contributed by atoms with Gasteiger partial charge < -0.3 is 15.4 Å². The maximum Gasteiger partial charge on any atom is 0.230 e. The van der Waals surface area contributed by atoms with Crippen molar-refractivity contribution in [1.29, 1.82) is 0 Å². The second-order valence-electron chi connectivity index (χ2n) is 5.61. The van der Waals surface area contributed by atoms with Crippen molar-refractivity contribution in [3.05, 3.63) is 78.2 Å². The van der Waals surface area contributed by atoms with Crippen LogP contribution in [0.5, 0.6) is 5.75 Å². The van der Waals surface area contributed by atoms with E-state index >= 15 is 0 Å². The molecule has 0 radical (unpaired) electrons. The van der Waals surface area contributed by atoms with Crippen LogP contribution >= 0.6 is 0 Å². The highest BCUT2D eigenvalue weighted by atomic mass is 19.1. The van der Waals surface area contributed by atoms with Gasteiger partial charge in [-0.05, 0) is 35.9 Å². The molecule has 0 spiro atoms. The molecule has 0 saturated heterocycles. The fourth-order valence-electron chi connectivity index (χ4n) is 2.41. The lowest BCUT2D eigenvalue weighted by Crippen LogP contribution is -2.16. The van der Waals surface area contributed by atoms with Gasteiger partial charge in [0.2, 0.25) is 5.91 Å². The van der Waals surface area contributed by atoms with Crippen molar-refractivity contribution in [2.45, 2.75) is 6.42 Å². The average molecular weight is 351 g/mol. The van der Waals surface area contributed by atoms with E-state index in [0.717, 1.165) is 17.1 Å². The molecule has 1 amide bonds. The third-order valence-corrected chi connectivity index (χ3v) is 3.70. The Morgan fingerprint density at radius 1 is 1.08 bits per heavy atom. The van der Waals surface area contributed by atoms with Gasteiger partial charge in [-0.1, -0.05) is 24.3 Å². The minimum atomic E-state index is -0.395. The Bertz CT molecular complexity index is 898. The summed E-state index contributed by atoms with van der Waals surface area (Å²) < 4.78 is 18.8. The Morgan fingerprint density at radius 2 is 1.92 bits per heavy atom. The standard InChI is InChI=1S/C20H18FN3O2/c1-26-17-7-4-6-15(12-17)23-16-9-10-19(22-13-16)24-20(25)11-14-5-2-3-8-18(14)21/h2-10,12-13,23H,11H2,1H3,(H,22,24,25). The number of nitrogens with zero attached hydrogens (tertiary/aromatic N) is 1. The van der Waals surface area contributed by atoms with Crippen molar-refractivity contribution in [2.75, 3.05) is 17.7 Å². The Kier molecular flexibility index (Phi) is 5.43. The summed E-state index contributed by atoms with van der Waals surface area (Å²) in [5, 5.41) is 5.86. The first-order chi connectivity index (χ1) is 12.6. The average Bonchev–Trinajstić information content (AvgIpc) is 2.65. The van der Waals surface area contributed by atoms with Crippen molar-refractivity contribution in [2.24, 2.45) is 0 Å². The van der Waals surface area contributed by atoms with E-state index in [4.69, 9.17) is 4.74 Å². The first-order valence-corrected chi connectivity index (χ1v) is 8.04. The number of anilines is 3. The highest BCUT2D eigenvalue weighted by molar-refractivity contribution is 5.91. The van der Waals surface area contributed by atoms with Crippen LogP contribution in [0.15, 0.2) is 66.9 Å². The van der Waals surface area contributed by atoms with Crippen LogP contribution in [0.2, 0.25) is 0 Å². The number of halogens is 1. The highest BCUT2D eigenvalue weighted by Crippen LogP contribution is 2.21. The van der Waals surface area contributed by atoms with Crippen LogP contribution in [-0.4, -0.2) is 18.0 Å². The number of hydrogen-bond acceptors (Lipinski definition) is 4. The monoisotopic (exact) mass is 351 g/mol. The maximum absolute atomic E-state index is 13.6. The van der Waals surface area contributed by atoms with Crippen LogP contribution in [0.3, 0.4) is 0 Å². The third-order valence-electron chi connectivity index (χ3n) is 3.70. The molecule has 1 heterocycles. The quantitative estimate of drug-likeness (QED) is 0.700. The molecule has 26 heavy (non-hydrogen) atoms. The molecule has 0 saturated carbocycles. The molecule has 0 atom stereocenters. The van der Waals surface area contributed by atoms with Crippen molar-refractivity contribution in [3.8, 4) is 5.75 Å². The van der Waals surface area contributed by atoms with Gasteiger partial charge in [0.05, 0.1) is 25.4 Å². The van der Waals surface area contributed by atoms with Gasteiger partial charge in [0.1, 0.15) is 17.4 Å². The number of amides is 1. The number of hydrogen-bond donors (Lipinski definition) is 2. The molecule has 1 aromatic heterocycles. The minimum Gasteiger partial charge on any atom is -0.497 e. The highest BCUT2D eigenvalue weighted by Gasteiger charge is 2.08. The Balaban J connectivity index is 1.60. The molecular formula is C20H18FN3O2. The van der Waals surface area contributed by atoms with Gasteiger partial charge in [0, 0.05) is 11.8 Å². The van der Waals surface area contributed by atoms with Crippen LogP contribution in [0.1, 0.15) is 5.56 Å². The molecule has 3 aromatic rings. The topological polar surface area (TPSA) is 63.2 Å². The van der Waals surface area contributed by atoms with Gasteiger partial charge in [0.25, 0.3) is 0 Å². The second-order valence-corrected chi connectivity index (χ2v) is 5.61. The molecular weight excluding hydrogens is 333 g/mol. The van der Waals surface area contributed by atoms with Crippen molar-refractivity contribution < 1.29 is 13.9 Å². The Labute approximate surface area is 150 Å². The summed E-state index contributed by atoms with van der Waals surface area (Å²) in [4.78, 5) is 16.2. The number of aromatic nitrogens is 1. The summed E-state index contributed by atoms with van der Waals surface area (Å²) in [5.41, 5.74) is 1.98. The lowest BCUT2D eigenvalue weighted by atomic mass is 10.1. The zero-order valence-corrected chi connectivity index (χ0v) is 14.2. The molecule has 132 valence electrons. The number of rotatable bonds is 6. The molecule has 0 aliphatic rings. The summed E-state index contributed by atoms with van der Waals surface area (Å²) in [6.45, 7) is 0. The number of carbonyl (C=O) groups excluding carboxylic acids is 1. The molecule has 0 aliphatic carbocycles. The molecule has 0 fully saturated rings. The summed E-state index contributed by atoms with van der Waals surface area (Å²) >= 11 is 0. The molecule has 2 N–H and O–H groups in total. The van der Waals surface area contributed by atoms with E-state index in [1.165, 1.54) is 6.07 Å². The van der Waals surface area contributed by atoms with E-state index in [1.807, 2.05) is 24.3 Å². The van der Waals surface area contributed by atoms with E-state index in [0.29, 0.717) is 11.4 Å². The second kappa shape index (κ2) is 8.11. The van der Waals surface area contributed by atoms with Crippen LogP contribution in [0.25, 0.3) is 0 Å². The van der Waals surface area contributed by atoms with Crippen LogP contribution in [0.4, 0.5) is 21.6 Å². The smallest absolute Gasteiger partial charge is 0.230 e. The van der Waals surface area contributed by atoms with Gasteiger partial charge in [-0.2, -0.15) is 0 Å². The predicted molar refractivity (Wildman–Crippen MR) is 99.2 cm³/mol. The summed E-state index contributed by atoms with van der Waals surface area (Å²) in [6.07, 6.45) is 1.57. The number of methoxy groups -OCH3 is 1.